The van der Waals surface area contributed by atoms with E-state index in [0.717, 1.165) is 35.7 Å². The lowest BCUT2D eigenvalue weighted by Crippen LogP contribution is -2.13. The van der Waals surface area contributed by atoms with Crippen LogP contribution < -0.4 is 5.32 Å². The van der Waals surface area contributed by atoms with Crippen molar-refractivity contribution in [2.75, 3.05) is 6.54 Å². The summed E-state index contributed by atoms with van der Waals surface area (Å²) in [6, 6.07) is 11.9. The maximum Gasteiger partial charge on any atom is 0.134 e. The molecular formula is C18H25NO2. The fourth-order valence-corrected chi connectivity index (χ4v) is 2.27. The minimum absolute atomic E-state index is 0.432. The largest absolute Gasteiger partial charge is 0.460 e. The van der Waals surface area contributed by atoms with Crippen LogP contribution in [0, 0.1) is 0 Å². The van der Waals surface area contributed by atoms with Gasteiger partial charge in [0.1, 0.15) is 11.5 Å². The van der Waals surface area contributed by atoms with E-state index in [1.165, 1.54) is 19.3 Å². The second-order valence-corrected chi connectivity index (χ2v) is 5.45. The van der Waals surface area contributed by atoms with E-state index in [4.69, 9.17) is 4.42 Å². The van der Waals surface area contributed by atoms with E-state index in [-0.39, 0.29) is 0 Å². The van der Waals surface area contributed by atoms with Gasteiger partial charge in [-0.2, -0.15) is 0 Å². The molecule has 0 amide bonds. The predicted molar refractivity (Wildman–Crippen MR) is 86.0 cm³/mol. The van der Waals surface area contributed by atoms with Gasteiger partial charge in [0.15, 0.2) is 0 Å². The number of nitrogens with one attached hydrogen (secondary N) is 1. The molecule has 0 saturated heterocycles. The molecule has 2 rings (SSSR count). The Morgan fingerprint density at radius 1 is 1.10 bits per heavy atom. The lowest BCUT2D eigenvalue weighted by Gasteiger charge is -2.05. The topological polar surface area (TPSA) is 45.4 Å². The Labute approximate surface area is 127 Å². The van der Waals surface area contributed by atoms with Gasteiger partial charge < -0.3 is 14.8 Å². The lowest BCUT2D eigenvalue weighted by atomic mass is 10.1. The van der Waals surface area contributed by atoms with Gasteiger partial charge in [0, 0.05) is 5.56 Å². The van der Waals surface area contributed by atoms with Gasteiger partial charge in [-0.3, -0.25) is 0 Å². The third kappa shape index (κ3) is 4.73. The number of furan rings is 1. The van der Waals surface area contributed by atoms with Gasteiger partial charge in [-0.15, -0.1) is 0 Å². The molecule has 0 aliphatic heterocycles. The summed E-state index contributed by atoms with van der Waals surface area (Å²) in [7, 11) is 0. The highest BCUT2D eigenvalue weighted by Crippen LogP contribution is 2.24. The van der Waals surface area contributed by atoms with Crippen molar-refractivity contribution >= 4 is 0 Å². The standard InChI is InChI=1S/C18H25NO2/c1-3-4-5-12-19-13-17-10-11-18(21-17)16-8-6-15(7-9-16)14(2)20/h6-11,14,19-20H,3-5,12-13H2,1-2H3/t14-/m1/s1. The smallest absolute Gasteiger partial charge is 0.134 e. The molecule has 0 fully saturated rings. The van der Waals surface area contributed by atoms with Gasteiger partial charge in [-0.05, 0) is 37.6 Å². The average Bonchev–Trinajstić information content (AvgIpc) is 2.96. The zero-order chi connectivity index (χ0) is 15.1. The fourth-order valence-electron chi connectivity index (χ4n) is 2.27. The third-order valence-corrected chi connectivity index (χ3v) is 3.60. The van der Waals surface area contributed by atoms with E-state index < -0.39 is 6.10 Å². The summed E-state index contributed by atoms with van der Waals surface area (Å²) >= 11 is 0. The van der Waals surface area contributed by atoms with Gasteiger partial charge in [-0.25, -0.2) is 0 Å². The molecule has 1 aromatic carbocycles. The summed E-state index contributed by atoms with van der Waals surface area (Å²) in [5.41, 5.74) is 1.96. The molecule has 0 aliphatic carbocycles. The van der Waals surface area contributed by atoms with E-state index in [0.29, 0.717) is 0 Å². The van der Waals surface area contributed by atoms with Crippen molar-refractivity contribution in [3.05, 3.63) is 47.7 Å². The van der Waals surface area contributed by atoms with E-state index in [9.17, 15) is 5.11 Å². The lowest BCUT2D eigenvalue weighted by molar-refractivity contribution is 0.199. The summed E-state index contributed by atoms with van der Waals surface area (Å²) in [5, 5.41) is 12.9. The SMILES string of the molecule is CCCCCNCc1ccc(-c2ccc([C@@H](C)O)cc2)o1. The Morgan fingerprint density at radius 2 is 1.86 bits per heavy atom. The molecule has 2 N–H and O–H groups in total. The second-order valence-electron chi connectivity index (χ2n) is 5.45. The van der Waals surface area contributed by atoms with E-state index in [1.54, 1.807) is 6.92 Å². The highest BCUT2D eigenvalue weighted by atomic mass is 16.3. The molecule has 2 aromatic rings. The van der Waals surface area contributed by atoms with Gasteiger partial charge in [0.2, 0.25) is 0 Å². The van der Waals surface area contributed by atoms with Crippen molar-refractivity contribution in [3.8, 4) is 11.3 Å². The first-order chi connectivity index (χ1) is 10.2. The van der Waals surface area contributed by atoms with Crippen LogP contribution in [0.5, 0.6) is 0 Å². The van der Waals surface area contributed by atoms with Crippen LogP contribution in [0.2, 0.25) is 0 Å². The first kappa shape index (κ1) is 15.8. The molecule has 0 radical (unpaired) electrons. The summed E-state index contributed by atoms with van der Waals surface area (Å²) in [5.74, 6) is 1.83. The van der Waals surface area contributed by atoms with Gasteiger partial charge in [0.25, 0.3) is 0 Å². The summed E-state index contributed by atoms with van der Waals surface area (Å²) in [6.45, 7) is 5.79. The fraction of sp³-hybridized carbons (Fsp3) is 0.444. The monoisotopic (exact) mass is 287 g/mol. The highest BCUT2D eigenvalue weighted by Gasteiger charge is 2.06. The van der Waals surface area contributed by atoms with Crippen LogP contribution >= 0.6 is 0 Å². The molecule has 3 nitrogen and oxygen atoms in total. The van der Waals surface area contributed by atoms with Crippen LogP contribution in [0.3, 0.4) is 0 Å². The number of hydrogen-bond acceptors (Lipinski definition) is 3. The van der Waals surface area contributed by atoms with Crippen molar-refractivity contribution in [1.82, 2.24) is 5.32 Å². The average molecular weight is 287 g/mol. The quantitative estimate of drug-likeness (QED) is 0.712. The van der Waals surface area contributed by atoms with Crippen LogP contribution in [0.15, 0.2) is 40.8 Å². The van der Waals surface area contributed by atoms with Crippen LogP contribution in [-0.4, -0.2) is 11.7 Å². The molecule has 1 atom stereocenters. The summed E-state index contributed by atoms with van der Waals surface area (Å²) in [4.78, 5) is 0. The normalized spacial score (nSPS) is 12.5. The Balaban J connectivity index is 1.90. The third-order valence-electron chi connectivity index (χ3n) is 3.60. The Hall–Kier alpha value is -1.58. The van der Waals surface area contributed by atoms with Crippen molar-refractivity contribution < 1.29 is 9.52 Å². The molecule has 0 aliphatic rings. The molecule has 3 heteroatoms. The summed E-state index contributed by atoms with van der Waals surface area (Å²) in [6.07, 6.45) is 3.30. The van der Waals surface area contributed by atoms with Crippen LogP contribution in [0.1, 0.15) is 50.5 Å². The van der Waals surface area contributed by atoms with Gasteiger partial charge in [-0.1, -0.05) is 44.0 Å². The Bertz CT molecular complexity index is 528. The number of aliphatic hydroxyl groups is 1. The molecule has 0 saturated carbocycles. The predicted octanol–water partition coefficient (Wildman–Crippen LogP) is 4.28. The summed E-state index contributed by atoms with van der Waals surface area (Å²) < 4.78 is 5.85. The van der Waals surface area contributed by atoms with Gasteiger partial charge >= 0.3 is 0 Å². The minimum Gasteiger partial charge on any atom is -0.460 e. The van der Waals surface area contributed by atoms with Gasteiger partial charge in [0.05, 0.1) is 12.6 Å². The van der Waals surface area contributed by atoms with Crippen LogP contribution in [0.25, 0.3) is 11.3 Å². The highest BCUT2D eigenvalue weighted by molar-refractivity contribution is 5.58. The zero-order valence-electron chi connectivity index (χ0n) is 12.9. The molecule has 1 heterocycles. The van der Waals surface area contributed by atoms with Crippen molar-refractivity contribution in [3.63, 3.8) is 0 Å². The number of aliphatic hydroxyl groups excluding tert-OH is 1. The first-order valence-electron chi connectivity index (χ1n) is 7.78. The van der Waals surface area contributed by atoms with E-state index in [1.807, 2.05) is 36.4 Å². The molecule has 0 bridgehead atoms. The number of rotatable bonds is 8. The van der Waals surface area contributed by atoms with Crippen molar-refractivity contribution in [2.24, 2.45) is 0 Å². The molecule has 1 aromatic heterocycles. The maximum atomic E-state index is 9.52. The zero-order valence-corrected chi connectivity index (χ0v) is 12.9. The molecule has 21 heavy (non-hydrogen) atoms. The van der Waals surface area contributed by atoms with Crippen LogP contribution in [-0.2, 0) is 6.54 Å². The molecule has 0 unspecified atom stereocenters. The second kappa shape index (κ2) is 8.01. The minimum atomic E-state index is -0.432. The number of hydrogen-bond donors (Lipinski definition) is 2. The van der Waals surface area contributed by atoms with E-state index >= 15 is 0 Å². The number of unbranched alkanes of at least 4 members (excludes halogenated alkanes) is 2. The Morgan fingerprint density at radius 3 is 2.52 bits per heavy atom. The van der Waals surface area contributed by atoms with E-state index in [2.05, 4.69) is 12.2 Å². The molecule has 0 spiro atoms. The van der Waals surface area contributed by atoms with Crippen molar-refractivity contribution in [2.45, 2.75) is 45.8 Å². The Kier molecular flexibility index (Phi) is 6.03. The molecular weight excluding hydrogens is 262 g/mol. The first-order valence-corrected chi connectivity index (χ1v) is 7.78. The molecule has 114 valence electrons. The maximum absolute atomic E-state index is 9.52. The number of benzene rings is 1. The van der Waals surface area contributed by atoms with Crippen molar-refractivity contribution in [1.29, 1.82) is 0 Å². The van der Waals surface area contributed by atoms with Crippen LogP contribution in [0.4, 0.5) is 0 Å².